The van der Waals surface area contributed by atoms with Crippen LogP contribution < -0.4 is 10.5 Å². The molecule has 2 fully saturated rings. The Labute approximate surface area is 152 Å². The lowest BCUT2D eigenvalue weighted by atomic mass is 10.1. The van der Waals surface area contributed by atoms with Crippen LogP contribution in [0.3, 0.4) is 0 Å². The van der Waals surface area contributed by atoms with Gasteiger partial charge in [-0.3, -0.25) is 4.79 Å². The van der Waals surface area contributed by atoms with Gasteiger partial charge in [0, 0.05) is 29.0 Å². The SMILES string of the molecule is Cc1c(Br)ccc2c3oc(N4CCOCC4)nc3c(=O)n(C3CC3)c12. The normalized spacial score (nSPS) is 18.4. The maximum Gasteiger partial charge on any atom is 0.298 e. The van der Waals surface area contributed by atoms with Crippen molar-refractivity contribution < 1.29 is 9.15 Å². The minimum atomic E-state index is -0.0468. The van der Waals surface area contributed by atoms with Crippen molar-refractivity contribution in [1.82, 2.24) is 9.55 Å². The van der Waals surface area contributed by atoms with Crippen LogP contribution in [0.5, 0.6) is 0 Å². The van der Waals surface area contributed by atoms with Crippen LogP contribution in [0.1, 0.15) is 24.4 Å². The zero-order valence-electron chi connectivity index (χ0n) is 13.9. The van der Waals surface area contributed by atoms with Crippen LogP contribution in [-0.2, 0) is 4.74 Å². The third kappa shape index (κ3) is 2.33. The van der Waals surface area contributed by atoms with Crippen LogP contribution >= 0.6 is 15.9 Å². The number of morpholine rings is 1. The molecule has 5 rings (SSSR count). The number of oxazole rings is 1. The molecule has 25 heavy (non-hydrogen) atoms. The highest BCUT2D eigenvalue weighted by Gasteiger charge is 2.30. The van der Waals surface area contributed by atoms with E-state index in [9.17, 15) is 4.79 Å². The maximum atomic E-state index is 13.2. The van der Waals surface area contributed by atoms with Gasteiger partial charge in [0.25, 0.3) is 11.6 Å². The van der Waals surface area contributed by atoms with Gasteiger partial charge in [0.15, 0.2) is 11.1 Å². The lowest BCUT2D eigenvalue weighted by Gasteiger charge is -2.24. The molecule has 2 aromatic heterocycles. The summed E-state index contributed by atoms with van der Waals surface area (Å²) < 4.78 is 14.4. The fraction of sp³-hybridized carbons (Fsp3) is 0.444. The molecule has 6 nitrogen and oxygen atoms in total. The second-order valence-corrected chi connectivity index (χ2v) is 7.60. The Morgan fingerprint density at radius 2 is 2.00 bits per heavy atom. The number of fused-ring (bicyclic) bond motifs is 3. The van der Waals surface area contributed by atoms with Crippen LogP contribution in [0.2, 0.25) is 0 Å². The first-order valence-electron chi connectivity index (χ1n) is 8.61. The Hall–Kier alpha value is -1.86. The van der Waals surface area contributed by atoms with Crippen molar-refractivity contribution in [2.24, 2.45) is 0 Å². The van der Waals surface area contributed by atoms with E-state index in [0.717, 1.165) is 46.9 Å². The molecular weight excluding hydrogens is 386 g/mol. The number of anilines is 1. The molecule has 0 N–H and O–H groups in total. The van der Waals surface area contributed by atoms with Crippen molar-refractivity contribution in [3.8, 4) is 0 Å². The molecule has 0 bridgehead atoms. The summed E-state index contributed by atoms with van der Waals surface area (Å²) >= 11 is 3.59. The lowest BCUT2D eigenvalue weighted by molar-refractivity contribution is 0.120. The highest BCUT2D eigenvalue weighted by Crippen LogP contribution is 2.40. The molecule has 3 heterocycles. The average Bonchev–Trinajstić information content (AvgIpc) is 3.36. The number of ether oxygens (including phenoxy) is 1. The number of rotatable bonds is 2. The molecule has 1 aromatic carbocycles. The van der Waals surface area contributed by atoms with Gasteiger partial charge in [-0.05, 0) is 37.5 Å². The van der Waals surface area contributed by atoms with E-state index in [-0.39, 0.29) is 11.6 Å². The summed E-state index contributed by atoms with van der Waals surface area (Å²) in [5.74, 6) is 0. The molecule has 0 atom stereocenters. The molecule has 7 heteroatoms. The minimum absolute atomic E-state index is 0.0468. The summed E-state index contributed by atoms with van der Waals surface area (Å²) in [6.45, 7) is 4.80. The fourth-order valence-electron chi connectivity index (χ4n) is 3.59. The van der Waals surface area contributed by atoms with E-state index in [1.165, 1.54) is 0 Å². The molecule has 1 saturated carbocycles. The first-order valence-corrected chi connectivity index (χ1v) is 9.41. The van der Waals surface area contributed by atoms with E-state index in [1.54, 1.807) is 0 Å². The quantitative estimate of drug-likeness (QED) is 0.656. The van der Waals surface area contributed by atoms with Gasteiger partial charge >= 0.3 is 0 Å². The lowest BCUT2D eigenvalue weighted by Crippen LogP contribution is -2.36. The van der Waals surface area contributed by atoms with Crippen molar-refractivity contribution in [3.05, 3.63) is 32.5 Å². The summed E-state index contributed by atoms with van der Waals surface area (Å²) in [4.78, 5) is 19.8. The fourth-order valence-corrected chi connectivity index (χ4v) is 3.91. The van der Waals surface area contributed by atoms with Gasteiger partial charge < -0.3 is 18.6 Å². The molecule has 0 unspecified atom stereocenters. The predicted molar refractivity (Wildman–Crippen MR) is 99.5 cm³/mol. The van der Waals surface area contributed by atoms with Crippen molar-refractivity contribution in [1.29, 1.82) is 0 Å². The molecule has 0 spiro atoms. The molecular formula is C18H18BrN3O3. The molecule has 3 aromatic rings. The number of aryl methyl sites for hydroxylation is 1. The van der Waals surface area contributed by atoms with Crippen molar-refractivity contribution in [2.75, 3.05) is 31.2 Å². The highest BCUT2D eigenvalue weighted by molar-refractivity contribution is 9.10. The Bertz CT molecular complexity index is 1050. The molecule has 0 amide bonds. The van der Waals surface area contributed by atoms with E-state index >= 15 is 0 Å². The smallest absolute Gasteiger partial charge is 0.298 e. The third-order valence-corrected chi connectivity index (χ3v) is 5.94. The zero-order chi connectivity index (χ0) is 17.1. The van der Waals surface area contributed by atoms with E-state index in [0.29, 0.717) is 30.3 Å². The molecule has 1 saturated heterocycles. The molecule has 0 radical (unpaired) electrons. The molecule has 2 aliphatic rings. The van der Waals surface area contributed by atoms with Crippen molar-refractivity contribution >= 4 is 43.9 Å². The minimum Gasteiger partial charge on any atom is -0.422 e. The summed E-state index contributed by atoms with van der Waals surface area (Å²) in [5.41, 5.74) is 3.00. The molecule has 1 aliphatic carbocycles. The van der Waals surface area contributed by atoms with Crippen LogP contribution in [0, 0.1) is 6.92 Å². The number of halogens is 1. The van der Waals surface area contributed by atoms with Gasteiger partial charge in [0.2, 0.25) is 0 Å². The first kappa shape index (κ1) is 15.4. The van der Waals surface area contributed by atoms with Crippen molar-refractivity contribution in [2.45, 2.75) is 25.8 Å². The van der Waals surface area contributed by atoms with E-state index in [2.05, 4.69) is 20.9 Å². The maximum absolute atomic E-state index is 13.2. The average molecular weight is 404 g/mol. The zero-order valence-corrected chi connectivity index (χ0v) is 15.5. The third-order valence-electron chi connectivity index (χ3n) is 5.08. The monoisotopic (exact) mass is 403 g/mol. The Morgan fingerprint density at radius 1 is 1.24 bits per heavy atom. The topological polar surface area (TPSA) is 60.5 Å². The number of hydrogen-bond donors (Lipinski definition) is 0. The van der Waals surface area contributed by atoms with Crippen LogP contribution in [0.25, 0.3) is 22.0 Å². The van der Waals surface area contributed by atoms with Gasteiger partial charge in [-0.2, -0.15) is 4.98 Å². The Balaban J connectivity index is 1.83. The van der Waals surface area contributed by atoms with Gasteiger partial charge in [0.1, 0.15) is 0 Å². The number of aromatic nitrogens is 2. The van der Waals surface area contributed by atoms with E-state index in [1.807, 2.05) is 28.5 Å². The highest BCUT2D eigenvalue weighted by atomic mass is 79.9. The standard InChI is InChI=1S/C18H18BrN3O3/c1-10-13(19)5-4-12-15(10)22(11-2-3-11)17(23)14-16(12)25-18(20-14)21-6-8-24-9-7-21/h4-5,11H,2-3,6-9H2,1H3. The van der Waals surface area contributed by atoms with Gasteiger partial charge in [-0.25, -0.2) is 0 Å². The van der Waals surface area contributed by atoms with Crippen LogP contribution in [-0.4, -0.2) is 35.9 Å². The largest absolute Gasteiger partial charge is 0.422 e. The number of nitrogens with zero attached hydrogens (tertiary/aromatic N) is 3. The number of hydrogen-bond acceptors (Lipinski definition) is 5. The summed E-state index contributed by atoms with van der Waals surface area (Å²) in [5, 5.41) is 0.953. The summed E-state index contributed by atoms with van der Waals surface area (Å²) in [6, 6.07) is 4.82. The second-order valence-electron chi connectivity index (χ2n) is 6.75. The second kappa shape index (κ2) is 5.57. The molecule has 1 aliphatic heterocycles. The van der Waals surface area contributed by atoms with E-state index < -0.39 is 0 Å². The van der Waals surface area contributed by atoms with Crippen LogP contribution in [0.4, 0.5) is 6.01 Å². The van der Waals surface area contributed by atoms with Gasteiger partial charge in [0.05, 0.1) is 18.7 Å². The molecule has 130 valence electrons. The van der Waals surface area contributed by atoms with Crippen LogP contribution in [0.15, 0.2) is 25.8 Å². The van der Waals surface area contributed by atoms with Gasteiger partial charge in [-0.1, -0.05) is 15.9 Å². The van der Waals surface area contributed by atoms with Gasteiger partial charge in [-0.15, -0.1) is 0 Å². The number of benzene rings is 1. The predicted octanol–water partition coefficient (Wildman–Crippen LogP) is 3.39. The first-order chi connectivity index (χ1) is 12.1. The Kier molecular flexibility index (Phi) is 3.43. The number of pyridine rings is 1. The summed E-state index contributed by atoms with van der Waals surface area (Å²) in [7, 11) is 0. The van der Waals surface area contributed by atoms with E-state index in [4.69, 9.17) is 9.15 Å². The Morgan fingerprint density at radius 3 is 2.72 bits per heavy atom. The summed E-state index contributed by atoms with van der Waals surface area (Å²) in [6.07, 6.45) is 2.08. The van der Waals surface area contributed by atoms with Crippen molar-refractivity contribution in [3.63, 3.8) is 0 Å².